The van der Waals surface area contributed by atoms with Gasteiger partial charge in [-0.3, -0.25) is 43.5 Å². The van der Waals surface area contributed by atoms with Gasteiger partial charge in [0.1, 0.15) is 29.9 Å². The lowest BCUT2D eigenvalue weighted by atomic mass is 9.85. The normalized spacial score (nSPS) is 19.4. The Morgan fingerprint density at radius 2 is 0.855 bits per heavy atom. The van der Waals surface area contributed by atoms with Crippen molar-refractivity contribution in [2.75, 3.05) is 27.2 Å². The van der Waals surface area contributed by atoms with Crippen LogP contribution in [0.5, 0.6) is 0 Å². The first-order valence-corrected chi connectivity index (χ1v) is 27.7. The topological polar surface area (TPSA) is 268 Å². The standard InChI is InChI=1S/C61H74N12O8.2ClH/c1-32(62-9)52(74)68-50(60(3,4)5)58(80)72-30-34(27-46(72)56(78)66-48-40-23-15-11-19-36(40)37-20-12-16-24-41(37)48)64-54(76)44-29-45(71-70-44)55(77)65-35-28-47(73(31-35)59(81)51(61(6,7)8)69-53(75)33(2)63-10)57(79)67-49-42-25-17-13-21-38(42)39-22-14-18-26-43(39)49;;/h11-26,29,32-35,46-51,62-63H,27-28,30-31H2,1-10H3,(H,64,76)(H,65,77)(H,66,78)(H,67,79)(H,68,74)(H,69,75)(H,70,71);2*1H/t32-,33-,34-,35-,46-,47-,50+,51+;;/m0../s1. The van der Waals surface area contributed by atoms with Gasteiger partial charge in [-0.1, -0.05) is 139 Å². The number of benzene rings is 4. The van der Waals surface area contributed by atoms with E-state index in [1.54, 1.807) is 27.9 Å². The van der Waals surface area contributed by atoms with Crippen molar-refractivity contribution < 1.29 is 38.4 Å². The van der Waals surface area contributed by atoms with E-state index in [0.29, 0.717) is 0 Å². The molecule has 2 saturated heterocycles. The van der Waals surface area contributed by atoms with E-state index in [-0.39, 0.29) is 62.1 Å². The molecule has 442 valence electrons. The van der Waals surface area contributed by atoms with Crippen LogP contribution in [0, 0.1) is 10.8 Å². The number of halogens is 2. The first-order chi connectivity index (χ1) is 38.5. The van der Waals surface area contributed by atoms with Crippen LogP contribution in [0.1, 0.15) is 124 Å². The lowest BCUT2D eigenvalue weighted by molar-refractivity contribution is -0.144. The fourth-order valence-corrected chi connectivity index (χ4v) is 11.5. The number of fused-ring (bicyclic) bond motifs is 6. The Hall–Kier alpha value is -7.65. The Bertz CT molecular complexity index is 2980. The van der Waals surface area contributed by atoms with Gasteiger partial charge in [-0.05, 0) is 96.1 Å². The first kappa shape index (κ1) is 62.9. The molecule has 9 N–H and O–H groups in total. The molecule has 4 aliphatic rings. The van der Waals surface area contributed by atoms with Crippen LogP contribution < -0.4 is 42.5 Å². The summed E-state index contributed by atoms with van der Waals surface area (Å²) in [6.07, 6.45) is 0.0483. The predicted molar refractivity (Wildman–Crippen MR) is 319 cm³/mol. The molecule has 2 aliphatic heterocycles. The van der Waals surface area contributed by atoms with E-state index in [4.69, 9.17) is 0 Å². The number of likely N-dealkylation sites (tertiary alicyclic amines) is 2. The van der Waals surface area contributed by atoms with Gasteiger partial charge in [-0.2, -0.15) is 5.10 Å². The second-order valence-electron chi connectivity index (χ2n) is 23.9. The van der Waals surface area contributed by atoms with Crippen LogP contribution in [0.2, 0.25) is 0 Å². The molecule has 8 atom stereocenters. The van der Waals surface area contributed by atoms with E-state index >= 15 is 0 Å². The van der Waals surface area contributed by atoms with Crippen molar-refractivity contribution in [2.24, 2.45) is 10.8 Å². The third-order valence-corrected chi connectivity index (χ3v) is 16.2. The zero-order valence-corrected chi connectivity index (χ0v) is 50.0. The number of rotatable bonds is 16. The summed E-state index contributed by atoms with van der Waals surface area (Å²) in [6.45, 7) is 14.2. The molecule has 20 nitrogen and oxygen atoms in total. The Morgan fingerprint density at radius 3 is 1.19 bits per heavy atom. The number of aromatic nitrogens is 2. The third kappa shape index (κ3) is 13.0. The van der Waals surface area contributed by atoms with Gasteiger partial charge in [0.2, 0.25) is 35.4 Å². The molecule has 0 bridgehead atoms. The van der Waals surface area contributed by atoms with Gasteiger partial charge in [0, 0.05) is 31.2 Å². The summed E-state index contributed by atoms with van der Waals surface area (Å²) < 4.78 is 0. The Balaban J connectivity index is 0.00000495. The fraction of sp³-hybridized carbons (Fsp3) is 0.426. The number of likely N-dealkylation sites (N-methyl/N-ethyl adjacent to an activating group) is 2. The van der Waals surface area contributed by atoms with Crippen molar-refractivity contribution in [2.45, 2.75) is 129 Å². The average Bonchev–Trinajstić information content (AvgIpc) is 3.97. The smallest absolute Gasteiger partial charge is 0.272 e. The lowest BCUT2D eigenvalue weighted by Gasteiger charge is -2.36. The molecule has 2 aliphatic carbocycles. The Kier molecular flexibility index (Phi) is 19.3. The summed E-state index contributed by atoms with van der Waals surface area (Å²) in [5, 5.41) is 30.8. The zero-order chi connectivity index (χ0) is 58.2. The SMILES string of the molecule is CN[C@@H](C)C(=O)N[C@H](C(=O)N1C[C@@H](NC(=O)c2cc(C(=O)N[C@H]3C[C@@H](C(=O)NC4c5ccccc5-c5ccccc54)N(C(=O)[C@@H](NC(=O)[C@H](C)NC)C(C)(C)C)C3)[nH]n2)C[C@H]1C(=O)NC1c2ccccc2-c2ccccc21)C(C)(C)C.Cl.Cl. The molecule has 1 aromatic heterocycles. The Labute approximate surface area is 496 Å². The van der Waals surface area contributed by atoms with Crippen LogP contribution in [-0.2, 0) is 28.8 Å². The minimum atomic E-state index is -1.06. The first-order valence-electron chi connectivity index (χ1n) is 27.7. The molecule has 0 unspecified atom stereocenters. The number of H-pyrrole nitrogens is 1. The predicted octanol–water partition coefficient (Wildman–Crippen LogP) is 4.70. The number of aromatic amines is 1. The monoisotopic (exact) mass is 1170 g/mol. The highest BCUT2D eigenvalue weighted by molar-refractivity contribution is 6.00. The maximum atomic E-state index is 14.8. The van der Waals surface area contributed by atoms with E-state index in [1.165, 1.54) is 15.9 Å². The van der Waals surface area contributed by atoms with Crippen LogP contribution in [0.15, 0.2) is 103 Å². The summed E-state index contributed by atoms with van der Waals surface area (Å²) in [5.74, 6) is -4.01. The molecule has 22 heteroatoms. The molecule has 2 fully saturated rings. The van der Waals surface area contributed by atoms with Gasteiger partial charge < -0.3 is 52.3 Å². The average molecular weight is 1180 g/mol. The Morgan fingerprint density at radius 1 is 0.518 bits per heavy atom. The van der Waals surface area contributed by atoms with Crippen LogP contribution in [0.3, 0.4) is 0 Å². The highest BCUT2D eigenvalue weighted by Gasteiger charge is 2.49. The molecule has 8 amide bonds. The van der Waals surface area contributed by atoms with Gasteiger partial charge in [0.25, 0.3) is 11.8 Å². The van der Waals surface area contributed by atoms with Crippen molar-refractivity contribution in [3.8, 4) is 22.3 Å². The van der Waals surface area contributed by atoms with Crippen molar-refractivity contribution >= 4 is 72.1 Å². The number of nitrogens with one attached hydrogen (secondary N) is 9. The molecule has 0 saturated carbocycles. The number of hydrogen-bond donors (Lipinski definition) is 9. The lowest BCUT2D eigenvalue weighted by Crippen LogP contribution is -2.59. The van der Waals surface area contributed by atoms with E-state index in [0.717, 1.165) is 44.5 Å². The van der Waals surface area contributed by atoms with Gasteiger partial charge in [-0.25, -0.2) is 0 Å². The van der Waals surface area contributed by atoms with Crippen LogP contribution in [0.4, 0.5) is 0 Å². The number of nitrogens with zero attached hydrogens (tertiary/aromatic N) is 3. The van der Waals surface area contributed by atoms with Crippen LogP contribution >= 0.6 is 24.8 Å². The van der Waals surface area contributed by atoms with E-state index in [2.05, 4.69) is 52.7 Å². The second-order valence-corrected chi connectivity index (χ2v) is 23.9. The number of carbonyl (C=O) groups is 8. The maximum absolute atomic E-state index is 14.8. The van der Waals surface area contributed by atoms with Gasteiger partial charge in [0.15, 0.2) is 5.69 Å². The van der Waals surface area contributed by atoms with E-state index in [1.807, 2.05) is 139 Å². The number of amides is 8. The molecule has 4 aromatic carbocycles. The zero-order valence-electron chi connectivity index (χ0n) is 48.3. The second kappa shape index (κ2) is 25.5. The highest BCUT2D eigenvalue weighted by atomic mass is 35.5. The fourth-order valence-electron chi connectivity index (χ4n) is 11.5. The molecule has 9 rings (SSSR count). The molecule has 0 spiro atoms. The largest absolute Gasteiger partial charge is 0.346 e. The molecule has 3 heterocycles. The van der Waals surface area contributed by atoms with E-state index < -0.39 is 119 Å². The summed E-state index contributed by atoms with van der Waals surface area (Å²) in [7, 11) is 3.28. The quantitative estimate of drug-likeness (QED) is 0.0654. The van der Waals surface area contributed by atoms with Crippen molar-refractivity contribution in [3.05, 3.63) is 137 Å². The highest BCUT2D eigenvalue weighted by Crippen LogP contribution is 2.45. The van der Waals surface area contributed by atoms with Crippen molar-refractivity contribution in [1.29, 1.82) is 0 Å². The van der Waals surface area contributed by atoms with Gasteiger partial charge in [-0.15, -0.1) is 24.8 Å². The van der Waals surface area contributed by atoms with Crippen LogP contribution in [0.25, 0.3) is 22.3 Å². The summed E-state index contributed by atoms with van der Waals surface area (Å²) in [4.78, 5) is 117. The summed E-state index contributed by atoms with van der Waals surface area (Å²) >= 11 is 0. The number of carbonyl (C=O) groups excluding carboxylic acids is 8. The van der Waals surface area contributed by atoms with Gasteiger partial charge in [0.05, 0.1) is 24.2 Å². The van der Waals surface area contributed by atoms with Gasteiger partial charge >= 0.3 is 0 Å². The molecule has 5 aromatic rings. The molecule has 83 heavy (non-hydrogen) atoms. The third-order valence-electron chi connectivity index (χ3n) is 16.2. The van der Waals surface area contributed by atoms with Crippen molar-refractivity contribution in [3.63, 3.8) is 0 Å². The summed E-state index contributed by atoms with van der Waals surface area (Å²) in [5.41, 5.74) is 5.77. The number of hydrogen-bond acceptors (Lipinski definition) is 11. The maximum Gasteiger partial charge on any atom is 0.272 e. The molecule has 0 radical (unpaired) electrons. The molecular weight excluding hydrogens is 1100 g/mol. The molecular formula is C61H76Cl2N12O8. The van der Waals surface area contributed by atoms with E-state index in [9.17, 15) is 38.4 Å². The van der Waals surface area contributed by atoms with Crippen LogP contribution in [-0.4, -0.2) is 143 Å². The minimum Gasteiger partial charge on any atom is -0.346 e. The van der Waals surface area contributed by atoms with Crippen molar-refractivity contribution in [1.82, 2.24) is 62.5 Å². The minimum absolute atomic E-state index is 0. The summed E-state index contributed by atoms with van der Waals surface area (Å²) in [6, 6.07) is 24.5.